The Morgan fingerprint density at radius 1 is 0.600 bits per heavy atom. The monoisotopic (exact) mass is 752 g/mol. The number of ether oxygens (including phenoxy) is 7. The lowest BCUT2D eigenvalue weighted by Gasteiger charge is -2.37. The van der Waals surface area contributed by atoms with Crippen LogP contribution in [0.25, 0.3) is 11.1 Å². The van der Waals surface area contributed by atoms with E-state index in [0.29, 0.717) is 55.7 Å². The van der Waals surface area contributed by atoms with E-state index in [4.69, 9.17) is 42.9 Å². The van der Waals surface area contributed by atoms with Crippen LogP contribution in [-0.2, 0) is 36.9 Å². The summed E-state index contributed by atoms with van der Waals surface area (Å²) in [6, 6.07) is 26.6. The molecule has 0 radical (unpaired) electrons. The van der Waals surface area contributed by atoms with E-state index >= 15 is 0 Å². The van der Waals surface area contributed by atoms with Crippen LogP contribution in [0.1, 0.15) is 66.6 Å². The van der Waals surface area contributed by atoms with Gasteiger partial charge in [0.05, 0.1) is 58.4 Å². The molecule has 2 heterocycles. The first-order chi connectivity index (χ1) is 26.8. The maximum absolute atomic E-state index is 13.0. The molecule has 0 atom stereocenters. The van der Waals surface area contributed by atoms with Crippen LogP contribution in [0.2, 0.25) is 0 Å². The first-order valence-corrected chi connectivity index (χ1v) is 19.4. The van der Waals surface area contributed by atoms with Gasteiger partial charge in [0, 0.05) is 24.0 Å². The molecule has 0 saturated carbocycles. The zero-order chi connectivity index (χ0) is 37.9. The number of benzene rings is 4. The smallest absolute Gasteiger partial charge is 0.343 e. The van der Waals surface area contributed by atoms with Gasteiger partial charge in [-0.25, -0.2) is 4.79 Å². The van der Waals surface area contributed by atoms with Gasteiger partial charge in [-0.05, 0) is 121 Å². The summed E-state index contributed by atoms with van der Waals surface area (Å²) in [6.07, 6.45) is 4.42. The molecule has 7 rings (SSSR count). The zero-order valence-electron chi connectivity index (χ0n) is 32.0. The molecule has 2 saturated heterocycles. The number of carbonyl (C=O) groups is 1. The predicted octanol–water partition coefficient (Wildman–Crippen LogP) is 8.41. The molecule has 4 aromatic carbocycles. The van der Waals surface area contributed by atoms with Crippen LogP contribution in [0.15, 0.2) is 84.9 Å². The maximum atomic E-state index is 13.0. The first-order valence-electron chi connectivity index (χ1n) is 19.4. The van der Waals surface area contributed by atoms with Crippen LogP contribution < -0.4 is 19.1 Å². The van der Waals surface area contributed by atoms with Crippen molar-refractivity contribution in [2.24, 2.45) is 10.8 Å². The van der Waals surface area contributed by atoms with E-state index < -0.39 is 5.97 Å². The van der Waals surface area contributed by atoms with Crippen LogP contribution in [-0.4, -0.2) is 72.0 Å². The van der Waals surface area contributed by atoms with Gasteiger partial charge >= 0.3 is 5.97 Å². The summed E-state index contributed by atoms with van der Waals surface area (Å²) in [5.41, 5.74) is 6.26. The highest BCUT2D eigenvalue weighted by Crippen LogP contribution is 2.40. The molecule has 2 aliphatic heterocycles. The molecule has 0 aromatic heterocycles. The fourth-order valence-corrected chi connectivity index (χ4v) is 6.68. The number of rotatable bonds is 22. The first kappa shape index (κ1) is 38.8. The molecule has 55 heavy (non-hydrogen) atoms. The molecule has 10 nitrogen and oxygen atoms in total. The highest BCUT2D eigenvalue weighted by atomic mass is 17.2. The van der Waals surface area contributed by atoms with Crippen molar-refractivity contribution >= 4 is 5.97 Å². The number of fused-ring (bicyclic) bond motifs is 3. The van der Waals surface area contributed by atoms with E-state index in [1.165, 1.54) is 0 Å². The molecule has 292 valence electrons. The van der Waals surface area contributed by atoms with Gasteiger partial charge in [-0.1, -0.05) is 38.1 Å². The highest BCUT2D eigenvalue weighted by molar-refractivity contribution is 5.91. The second-order valence-corrected chi connectivity index (χ2v) is 15.5. The van der Waals surface area contributed by atoms with E-state index in [1.54, 1.807) is 24.3 Å². The molecule has 0 unspecified atom stereocenters. The summed E-state index contributed by atoms with van der Waals surface area (Å²) in [5, 5.41) is 0. The Kier molecular flexibility index (Phi) is 13.0. The normalized spacial score (nSPS) is 16.0. The molecule has 3 aliphatic rings. The van der Waals surface area contributed by atoms with Gasteiger partial charge in [0.2, 0.25) is 0 Å². The van der Waals surface area contributed by atoms with Gasteiger partial charge in [-0.15, -0.1) is 0 Å². The molecular formula is C45H52O10. The van der Waals surface area contributed by atoms with Crippen molar-refractivity contribution in [1.82, 2.24) is 0 Å². The van der Waals surface area contributed by atoms with Crippen LogP contribution in [0.4, 0.5) is 0 Å². The van der Waals surface area contributed by atoms with Crippen LogP contribution >= 0.6 is 0 Å². The topological polar surface area (TPSA) is 100 Å². The Balaban J connectivity index is 0.785. The van der Waals surface area contributed by atoms with E-state index in [0.717, 1.165) is 105 Å². The van der Waals surface area contributed by atoms with Gasteiger partial charge in [0.15, 0.2) is 5.75 Å². The molecule has 4 aromatic rings. The summed E-state index contributed by atoms with van der Waals surface area (Å²) in [7, 11) is 0. The number of unbranched alkanes of at least 4 members (excludes halogenated alkanes) is 2. The van der Waals surface area contributed by atoms with Crippen molar-refractivity contribution in [2.75, 3.05) is 66.1 Å². The predicted molar refractivity (Wildman–Crippen MR) is 207 cm³/mol. The van der Waals surface area contributed by atoms with Crippen molar-refractivity contribution in [3.05, 3.63) is 107 Å². The summed E-state index contributed by atoms with van der Waals surface area (Å²) in [4.78, 5) is 24.2. The van der Waals surface area contributed by atoms with Gasteiger partial charge in [-0.2, -0.15) is 4.89 Å². The largest absolute Gasteiger partial charge is 0.494 e. The van der Waals surface area contributed by atoms with Crippen molar-refractivity contribution in [3.63, 3.8) is 0 Å². The van der Waals surface area contributed by atoms with E-state index in [1.807, 2.05) is 60.7 Å². The molecule has 0 bridgehead atoms. The zero-order valence-corrected chi connectivity index (χ0v) is 32.0. The minimum absolute atomic E-state index is 0.178. The van der Waals surface area contributed by atoms with E-state index in [-0.39, 0.29) is 10.8 Å². The molecule has 0 N–H and O–H groups in total. The quantitative estimate of drug-likeness (QED) is 0.0225. The third-order valence-corrected chi connectivity index (χ3v) is 10.0. The standard InChI is InChI=1S/C45H52O10/c1-44(29-49-30-44)27-47-19-3-5-21-51-37-11-7-33(8-12-37)26-53-55-40-16-18-42-36(25-40)23-35-24-39(15-17-41(35)42)54-43(46)34-9-13-38(14-10-34)52-22-6-4-20-48-28-45(2)31-50-32-45/h7-18,24-25H,3-6,19-23,26-32H2,1-2H3. The molecule has 0 spiro atoms. The molecule has 2 fully saturated rings. The third kappa shape index (κ3) is 10.9. The third-order valence-electron chi connectivity index (χ3n) is 10.0. The second-order valence-electron chi connectivity index (χ2n) is 15.5. The summed E-state index contributed by atoms with van der Waals surface area (Å²) in [5.74, 6) is 2.26. The lowest BCUT2D eigenvalue weighted by atomic mass is 9.90. The molecule has 0 amide bonds. The summed E-state index contributed by atoms with van der Waals surface area (Å²) >= 11 is 0. The number of carbonyl (C=O) groups excluding carboxylic acids is 1. The van der Waals surface area contributed by atoms with Crippen LogP contribution in [0.3, 0.4) is 0 Å². The Hall–Kier alpha value is -4.45. The number of hydrogen-bond donors (Lipinski definition) is 0. The Morgan fingerprint density at radius 3 is 1.64 bits per heavy atom. The van der Waals surface area contributed by atoms with Gasteiger partial charge in [0.25, 0.3) is 0 Å². The average molecular weight is 753 g/mol. The fraction of sp³-hybridized carbons (Fsp3) is 0.444. The Labute approximate surface area is 323 Å². The van der Waals surface area contributed by atoms with E-state index in [9.17, 15) is 4.79 Å². The second kappa shape index (κ2) is 18.5. The van der Waals surface area contributed by atoms with Gasteiger partial charge < -0.3 is 38.0 Å². The lowest BCUT2D eigenvalue weighted by Crippen LogP contribution is -2.43. The Bertz CT molecular complexity index is 1850. The van der Waals surface area contributed by atoms with E-state index in [2.05, 4.69) is 13.8 Å². The van der Waals surface area contributed by atoms with Crippen molar-refractivity contribution < 1.29 is 47.7 Å². The maximum Gasteiger partial charge on any atom is 0.343 e. The van der Waals surface area contributed by atoms with Crippen LogP contribution in [0.5, 0.6) is 23.0 Å². The minimum Gasteiger partial charge on any atom is -0.494 e. The average Bonchev–Trinajstić information content (AvgIpc) is 3.53. The highest BCUT2D eigenvalue weighted by Gasteiger charge is 2.34. The molecule has 1 aliphatic carbocycles. The minimum atomic E-state index is -0.415. The summed E-state index contributed by atoms with van der Waals surface area (Å²) in [6.45, 7) is 12.0. The number of esters is 1. The van der Waals surface area contributed by atoms with Crippen molar-refractivity contribution in [1.29, 1.82) is 0 Å². The summed E-state index contributed by atoms with van der Waals surface area (Å²) < 4.78 is 39.6. The van der Waals surface area contributed by atoms with Crippen molar-refractivity contribution in [3.8, 4) is 34.1 Å². The van der Waals surface area contributed by atoms with Gasteiger partial charge in [0.1, 0.15) is 23.9 Å². The number of hydrogen-bond acceptors (Lipinski definition) is 10. The molecule has 10 heteroatoms. The molecular weight excluding hydrogens is 700 g/mol. The SMILES string of the molecule is CC1(COCCCCOc2ccc(COOc3ccc4c(c3)Cc3cc(OC(=O)c5ccc(OCCCCOCC6(C)COC6)cc5)ccc3-4)cc2)COC1. The Morgan fingerprint density at radius 2 is 1.09 bits per heavy atom. The van der Waals surface area contributed by atoms with Crippen LogP contribution in [0, 0.1) is 10.8 Å². The lowest BCUT2D eigenvalue weighted by molar-refractivity contribution is -0.217. The fourth-order valence-electron chi connectivity index (χ4n) is 6.68. The van der Waals surface area contributed by atoms with Gasteiger partial charge in [-0.3, -0.25) is 0 Å². The van der Waals surface area contributed by atoms with Crippen molar-refractivity contribution in [2.45, 2.75) is 52.6 Å².